The summed E-state index contributed by atoms with van der Waals surface area (Å²) < 4.78 is 0. The van der Waals surface area contributed by atoms with E-state index in [-0.39, 0.29) is 6.04 Å². The highest BCUT2D eigenvalue weighted by molar-refractivity contribution is 6.39. The molecule has 6 heteroatoms. The van der Waals surface area contributed by atoms with E-state index >= 15 is 0 Å². The first kappa shape index (κ1) is 13.8. The number of aromatic nitrogens is 1. The summed E-state index contributed by atoms with van der Waals surface area (Å²) in [6, 6.07) is 3.27. The molecule has 1 saturated carbocycles. The maximum Gasteiger partial charge on any atom is 0.314 e. The van der Waals surface area contributed by atoms with Gasteiger partial charge in [-0.3, -0.25) is 9.59 Å². The third kappa shape index (κ3) is 4.21. The summed E-state index contributed by atoms with van der Waals surface area (Å²) in [5, 5.41) is 5.66. The fourth-order valence-corrected chi connectivity index (χ4v) is 2.23. The van der Waals surface area contributed by atoms with Crippen LogP contribution in [0.4, 0.5) is 5.82 Å². The van der Waals surface area contributed by atoms with Crippen LogP contribution in [0.5, 0.6) is 0 Å². The second kappa shape index (κ2) is 6.52. The molecule has 1 heterocycles. The minimum absolute atomic E-state index is 0.116. The molecule has 5 nitrogen and oxygen atoms in total. The molecule has 2 amide bonds. The molecule has 1 aromatic rings. The van der Waals surface area contributed by atoms with Crippen LogP contribution in [0.15, 0.2) is 18.3 Å². The molecule has 0 radical (unpaired) electrons. The van der Waals surface area contributed by atoms with Crippen molar-refractivity contribution >= 4 is 29.2 Å². The van der Waals surface area contributed by atoms with Crippen molar-refractivity contribution in [3.8, 4) is 0 Å². The van der Waals surface area contributed by atoms with E-state index in [0.29, 0.717) is 10.8 Å². The molecule has 0 aliphatic heterocycles. The molecule has 2 rings (SSSR count). The Balaban J connectivity index is 1.84. The van der Waals surface area contributed by atoms with E-state index in [1.807, 2.05) is 0 Å². The fourth-order valence-electron chi connectivity index (χ4n) is 2.12. The molecule has 0 aromatic carbocycles. The Bertz CT molecular complexity index is 455. The van der Waals surface area contributed by atoms with Crippen LogP contribution in [0.2, 0.25) is 5.02 Å². The summed E-state index contributed by atoms with van der Waals surface area (Å²) in [6.07, 6.45) is 6.70. The number of anilines is 1. The predicted molar refractivity (Wildman–Crippen MR) is 72.9 cm³/mol. The van der Waals surface area contributed by atoms with Crippen LogP contribution in [-0.4, -0.2) is 22.8 Å². The van der Waals surface area contributed by atoms with Gasteiger partial charge in [-0.1, -0.05) is 30.9 Å². The molecule has 1 aliphatic rings. The number of nitrogens with zero attached hydrogens (tertiary/aromatic N) is 1. The molecular formula is C13H16ClN3O2. The number of hydrogen-bond acceptors (Lipinski definition) is 3. The topological polar surface area (TPSA) is 71.1 Å². The lowest BCUT2D eigenvalue weighted by Crippen LogP contribution is -2.42. The molecule has 0 spiro atoms. The second-order valence-corrected chi connectivity index (χ2v) is 5.06. The maximum absolute atomic E-state index is 11.7. The number of carbonyl (C=O) groups excluding carboxylic acids is 2. The molecule has 1 fully saturated rings. The van der Waals surface area contributed by atoms with E-state index < -0.39 is 11.8 Å². The normalized spacial score (nSPS) is 15.8. The molecule has 1 aliphatic carbocycles. The smallest absolute Gasteiger partial charge is 0.314 e. The van der Waals surface area contributed by atoms with Gasteiger partial charge in [0.1, 0.15) is 5.82 Å². The van der Waals surface area contributed by atoms with Gasteiger partial charge in [-0.05, 0) is 25.0 Å². The van der Waals surface area contributed by atoms with Crippen molar-refractivity contribution in [2.75, 3.05) is 5.32 Å². The lowest BCUT2D eigenvalue weighted by molar-refractivity contribution is -0.136. The minimum Gasteiger partial charge on any atom is -0.345 e. The van der Waals surface area contributed by atoms with Gasteiger partial charge >= 0.3 is 11.8 Å². The minimum atomic E-state index is -0.694. The largest absolute Gasteiger partial charge is 0.345 e. The SMILES string of the molecule is O=C(Nc1ccc(Cl)cn1)C(=O)NC1CCCCC1. The van der Waals surface area contributed by atoms with Gasteiger partial charge in [-0.25, -0.2) is 4.98 Å². The van der Waals surface area contributed by atoms with Crippen molar-refractivity contribution in [2.45, 2.75) is 38.1 Å². The molecule has 2 N–H and O–H groups in total. The van der Waals surface area contributed by atoms with E-state index in [9.17, 15) is 9.59 Å². The van der Waals surface area contributed by atoms with Gasteiger partial charge in [0.05, 0.1) is 5.02 Å². The zero-order valence-electron chi connectivity index (χ0n) is 10.5. The second-order valence-electron chi connectivity index (χ2n) is 4.62. The molecule has 1 aromatic heterocycles. The molecule has 0 bridgehead atoms. The van der Waals surface area contributed by atoms with E-state index in [4.69, 9.17) is 11.6 Å². The first-order valence-corrected chi connectivity index (χ1v) is 6.76. The Hall–Kier alpha value is -1.62. The van der Waals surface area contributed by atoms with E-state index in [1.54, 1.807) is 12.1 Å². The van der Waals surface area contributed by atoms with Crippen molar-refractivity contribution in [1.29, 1.82) is 0 Å². The first-order chi connectivity index (χ1) is 9.15. The van der Waals surface area contributed by atoms with Crippen LogP contribution in [0.3, 0.4) is 0 Å². The van der Waals surface area contributed by atoms with Crippen LogP contribution in [-0.2, 0) is 9.59 Å². The van der Waals surface area contributed by atoms with Gasteiger partial charge in [0, 0.05) is 12.2 Å². The Morgan fingerprint density at radius 1 is 1.16 bits per heavy atom. The summed E-state index contributed by atoms with van der Waals surface area (Å²) in [7, 11) is 0. The Labute approximate surface area is 116 Å². The lowest BCUT2D eigenvalue weighted by Gasteiger charge is -2.22. The van der Waals surface area contributed by atoms with Gasteiger partial charge in [0.15, 0.2) is 0 Å². The Morgan fingerprint density at radius 3 is 2.53 bits per heavy atom. The predicted octanol–water partition coefficient (Wildman–Crippen LogP) is 2.12. The maximum atomic E-state index is 11.7. The van der Waals surface area contributed by atoms with E-state index in [1.165, 1.54) is 12.6 Å². The van der Waals surface area contributed by atoms with Crippen molar-refractivity contribution in [3.63, 3.8) is 0 Å². The average Bonchev–Trinajstić information content (AvgIpc) is 2.42. The first-order valence-electron chi connectivity index (χ1n) is 6.38. The van der Waals surface area contributed by atoms with E-state index in [2.05, 4.69) is 15.6 Å². The standard InChI is InChI=1S/C13H16ClN3O2/c14-9-6-7-11(15-8-9)17-13(19)12(18)16-10-4-2-1-3-5-10/h6-8,10H,1-5H2,(H,16,18)(H,15,17,19). The lowest BCUT2D eigenvalue weighted by atomic mass is 9.95. The third-order valence-electron chi connectivity index (χ3n) is 3.12. The van der Waals surface area contributed by atoms with Crippen molar-refractivity contribution < 1.29 is 9.59 Å². The summed E-state index contributed by atoms with van der Waals surface area (Å²) in [4.78, 5) is 27.3. The van der Waals surface area contributed by atoms with Crippen molar-refractivity contribution in [1.82, 2.24) is 10.3 Å². The van der Waals surface area contributed by atoms with Crippen molar-refractivity contribution in [2.24, 2.45) is 0 Å². The molecule has 0 unspecified atom stereocenters. The monoisotopic (exact) mass is 281 g/mol. The number of amides is 2. The van der Waals surface area contributed by atoms with Crippen LogP contribution in [0.25, 0.3) is 0 Å². The molecule has 0 atom stereocenters. The van der Waals surface area contributed by atoms with Crippen LogP contribution in [0, 0.1) is 0 Å². The van der Waals surface area contributed by atoms with Gasteiger partial charge in [-0.15, -0.1) is 0 Å². The highest BCUT2D eigenvalue weighted by Crippen LogP contribution is 2.17. The van der Waals surface area contributed by atoms with Crippen LogP contribution in [0.1, 0.15) is 32.1 Å². The number of rotatable bonds is 2. The number of halogens is 1. The summed E-state index contributed by atoms with van der Waals surface area (Å²) >= 11 is 5.69. The Morgan fingerprint density at radius 2 is 1.89 bits per heavy atom. The zero-order valence-corrected chi connectivity index (χ0v) is 11.2. The number of hydrogen-bond donors (Lipinski definition) is 2. The number of pyridine rings is 1. The number of nitrogens with one attached hydrogen (secondary N) is 2. The quantitative estimate of drug-likeness (QED) is 0.816. The van der Waals surface area contributed by atoms with Gasteiger partial charge in [0.2, 0.25) is 0 Å². The fraction of sp³-hybridized carbons (Fsp3) is 0.462. The molecular weight excluding hydrogens is 266 g/mol. The summed E-state index contributed by atoms with van der Waals surface area (Å²) in [5.41, 5.74) is 0. The summed E-state index contributed by atoms with van der Waals surface area (Å²) in [5.74, 6) is -0.989. The number of carbonyl (C=O) groups is 2. The third-order valence-corrected chi connectivity index (χ3v) is 3.34. The van der Waals surface area contributed by atoms with Gasteiger partial charge in [0.25, 0.3) is 0 Å². The van der Waals surface area contributed by atoms with E-state index in [0.717, 1.165) is 25.7 Å². The molecule has 0 saturated heterocycles. The van der Waals surface area contributed by atoms with Crippen LogP contribution >= 0.6 is 11.6 Å². The zero-order chi connectivity index (χ0) is 13.7. The Kier molecular flexibility index (Phi) is 4.74. The van der Waals surface area contributed by atoms with Crippen LogP contribution < -0.4 is 10.6 Å². The van der Waals surface area contributed by atoms with Gasteiger partial charge < -0.3 is 10.6 Å². The van der Waals surface area contributed by atoms with Gasteiger partial charge in [-0.2, -0.15) is 0 Å². The van der Waals surface area contributed by atoms with Crippen molar-refractivity contribution in [3.05, 3.63) is 23.4 Å². The molecule has 19 heavy (non-hydrogen) atoms. The highest BCUT2D eigenvalue weighted by atomic mass is 35.5. The molecule has 102 valence electrons. The summed E-state index contributed by atoms with van der Waals surface area (Å²) in [6.45, 7) is 0. The highest BCUT2D eigenvalue weighted by Gasteiger charge is 2.20. The average molecular weight is 282 g/mol.